The molecule has 2 saturated heterocycles. The highest BCUT2D eigenvalue weighted by atomic mass is 16.2. The molecule has 4 aliphatic heterocycles. The van der Waals surface area contributed by atoms with Crippen LogP contribution in [0.25, 0.3) is 0 Å². The van der Waals surface area contributed by atoms with Gasteiger partial charge in [-0.2, -0.15) is 0 Å². The number of benzene rings is 2. The molecule has 2 aromatic heterocycles. The summed E-state index contributed by atoms with van der Waals surface area (Å²) in [5.74, 6) is 0.927. The van der Waals surface area contributed by atoms with Gasteiger partial charge in [0.15, 0.2) is 0 Å². The van der Waals surface area contributed by atoms with Crippen molar-refractivity contribution in [3.63, 3.8) is 0 Å². The molecule has 2 fully saturated rings. The van der Waals surface area contributed by atoms with E-state index in [4.69, 9.17) is 0 Å². The zero-order chi connectivity index (χ0) is 32.1. The van der Waals surface area contributed by atoms with Gasteiger partial charge in [-0.25, -0.2) is 9.59 Å². The number of anilines is 2. The maximum atomic E-state index is 13.2. The molecule has 2 N–H and O–H groups in total. The zero-order valence-corrected chi connectivity index (χ0v) is 26.2. The van der Waals surface area contributed by atoms with Crippen LogP contribution in [0.4, 0.5) is 21.0 Å². The highest BCUT2D eigenvalue weighted by Crippen LogP contribution is 2.36. The third-order valence-electron chi connectivity index (χ3n) is 10.4. The Labute approximate surface area is 272 Å². The Morgan fingerprint density at radius 3 is 1.40 bits per heavy atom. The monoisotopic (exact) mass is 630 g/mol. The van der Waals surface area contributed by atoms with Crippen LogP contribution in [0, 0.1) is 11.8 Å². The first-order valence-corrected chi connectivity index (χ1v) is 16.6. The van der Waals surface area contributed by atoms with E-state index in [1.165, 1.54) is 0 Å². The lowest BCUT2D eigenvalue weighted by molar-refractivity contribution is 0.139. The number of nitrogens with zero attached hydrogens (tertiary/aromatic N) is 4. The Morgan fingerprint density at radius 2 is 0.979 bits per heavy atom. The van der Waals surface area contributed by atoms with E-state index in [1.807, 2.05) is 91.7 Å². The molecule has 10 nitrogen and oxygen atoms in total. The van der Waals surface area contributed by atoms with Gasteiger partial charge in [0.05, 0.1) is 0 Å². The number of pyridine rings is 2. The number of urea groups is 2. The third-order valence-corrected chi connectivity index (χ3v) is 10.4. The van der Waals surface area contributed by atoms with Crippen molar-refractivity contribution in [2.24, 2.45) is 11.8 Å². The second kappa shape index (κ2) is 11.9. The Morgan fingerprint density at radius 1 is 0.553 bits per heavy atom. The molecule has 0 saturated carbocycles. The van der Waals surface area contributed by atoms with E-state index < -0.39 is 0 Å². The summed E-state index contributed by atoms with van der Waals surface area (Å²) in [7, 11) is 0. The van der Waals surface area contributed by atoms with Crippen molar-refractivity contribution in [3.8, 4) is 0 Å². The predicted molar refractivity (Wildman–Crippen MR) is 180 cm³/mol. The van der Waals surface area contributed by atoms with Crippen LogP contribution in [0.15, 0.2) is 94.5 Å². The molecule has 4 bridgehead atoms. The van der Waals surface area contributed by atoms with Crippen LogP contribution < -0.4 is 21.8 Å². The summed E-state index contributed by atoms with van der Waals surface area (Å²) >= 11 is 0. The lowest BCUT2D eigenvalue weighted by Gasteiger charge is -2.42. The van der Waals surface area contributed by atoms with Crippen LogP contribution in [-0.2, 0) is 19.5 Å². The van der Waals surface area contributed by atoms with Crippen molar-refractivity contribution in [2.75, 3.05) is 36.8 Å². The molecule has 0 aliphatic carbocycles. The molecule has 4 atom stereocenters. The molecule has 0 radical (unpaired) electrons. The van der Waals surface area contributed by atoms with Gasteiger partial charge in [-0.05, 0) is 78.6 Å². The van der Waals surface area contributed by atoms with Crippen molar-refractivity contribution >= 4 is 23.4 Å². The number of rotatable bonds is 4. The standard InChI is InChI=1S/C37H38N6O4/c44-34-5-1-3-32-28-16-26(20-42(32)34)18-40(22-28)36(46)38-30-11-7-24(8-12-30)15-25-9-13-31(14-10-25)39-37(47)41-19-27-17-29(23-41)33-4-2-6-35(45)43(33)21-27/h1-14,26-29H,15-23H2,(H,38,46)(H,39,47)/t26-,27+,28+,29-. The van der Waals surface area contributed by atoms with Gasteiger partial charge < -0.3 is 29.6 Å². The van der Waals surface area contributed by atoms with E-state index in [9.17, 15) is 19.2 Å². The number of likely N-dealkylation sites (tertiary alicyclic amines) is 2. The number of carbonyl (C=O) groups is 2. The fourth-order valence-electron chi connectivity index (χ4n) is 8.18. The summed E-state index contributed by atoms with van der Waals surface area (Å²) in [5.41, 5.74) is 5.88. The normalized spacial score (nSPS) is 22.6. The molecule has 4 amide bonds. The average molecular weight is 631 g/mol. The SMILES string of the molecule is O=C(Nc1ccc(Cc2ccc(NC(=O)N3C[C@H]4C[C@@H](C3)c3cccc(=O)n3C4)cc2)cc1)N1C[C@@H]2C[C@H](C1)c1cccc(=O)n1C2. The smallest absolute Gasteiger partial charge is 0.321 e. The van der Waals surface area contributed by atoms with Crippen molar-refractivity contribution in [1.29, 1.82) is 0 Å². The molecule has 240 valence electrons. The van der Waals surface area contributed by atoms with Crippen molar-refractivity contribution in [1.82, 2.24) is 18.9 Å². The second-order valence-electron chi connectivity index (χ2n) is 13.6. The molecule has 8 rings (SSSR count). The number of hydrogen-bond donors (Lipinski definition) is 2. The Balaban J connectivity index is 0.843. The van der Waals surface area contributed by atoms with E-state index in [1.54, 1.807) is 12.1 Å². The molecule has 0 spiro atoms. The molecular formula is C37H38N6O4. The topological polar surface area (TPSA) is 109 Å². The minimum absolute atomic E-state index is 0.0426. The summed E-state index contributed by atoms with van der Waals surface area (Å²) < 4.78 is 3.75. The lowest BCUT2D eigenvalue weighted by atomic mass is 9.83. The summed E-state index contributed by atoms with van der Waals surface area (Å²) in [4.78, 5) is 54.7. The van der Waals surface area contributed by atoms with Crippen molar-refractivity contribution in [2.45, 2.75) is 44.2 Å². The van der Waals surface area contributed by atoms with Crippen LogP contribution in [-0.4, -0.2) is 57.2 Å². The van der Waals surface area contributed by atoms with Crippen LogP contribution in [0.5, 0.6) is 0 Å². The van der Waals surface area contributed by atoms with Gasteiger partial charge in [0.1, 0.15) is 0 Å². The Hall–Kier alpha value is -5.12. The number of hydrogen-bond acceptors (Lipinski definition) is 4. The summed E-state index contributed by atoms with van der Waals surface area (Å²) in [6.07, 6.45) is 2.74. The van der Waals surface area contributed by atoms with Crippen LogP contribution in [0.3, 0.4) is 0 Å². The number of piperidine rings is 2. The first-order valence-electron chi connectivity index (χ1n) is 16.6. The fourth-order valence-corrected chi connectivity index (χ4v) is 8.18. The summed E-state index contributed by atoms with van der Waals surface area (Å²) in [6.45, 7) is 3.83. The lowest BCUT2D eigenvalue weighted by Crippen LogP contribution is -2.50. The minimum atomic E-state index is -0.107. The van der Waals surface area contributed by atoms with Gasteiger partial charge in [-0.1, -0.05) is 36.4 Å². The van der Waals surface area contributed by atoms with E-state index in [2.05, 4.69) is 10.6 Å². The first kappa shape index (κ1) is 29.3. The van der Waals surface area contributed by atoms with Gasteiger partial charge >= 0.3 is 12.1 Å². The number of nitrogens with one attached hydrogen (secondary N) is 2. The second-order valence-corrected chi connectivity index (χ2v) is 13.6. The number of amides is 4. The molecule has 4 aromatic rings. The Kier molecular flexibility index (Phi) is 7.42. The van der Waals surface area contributed by atoms with Crippen molar-refractivity contribution < 1.29 is 9.59 Å². The maximum absolute atomic E-state index is 13.2. The van der Waals surface area contributed by atoms with E-state index in [0.717, 1.165) is 53.2 Å². The number of fused-ring (bicyclic) bond motifs is 8. The molecule has 4 aliphatic rings. The van der Waals surface area contributed by atoms with Gasteiger partial charge in [-0.3, -0.25) is 9.59 Å². The zero-order valence-electron chi connectivity index (χ0n) is 26.2. The molecular weight excluding hydrogens is 592 g/mol. The summed E-state index contributed by atoms with van der Waals surface area (Å²) in [5, 5.41) is 6.12. The van der Waals surface area contributed by atoms with E-state index in [-0.39, 0.29) is 46.9 Å². The van der Waals surface area contributed by atoms with E-state index in [0.29, 0.717) is 39.3 Å². The van der Waals surface area contributed by atoms with Crippen LogP contribution in [0.2, 0.25) is 0 Å². The van der Waals surface area contributed by atoms with E-state index >= 15 is 0 Å². The molecule has 6 heterocycles. The molecule has 2 aromatic carbocycles. The first-order chi connectivity index (χ1) is 22.9. The highest BCUT2D eigenvalue weighted by molar-refractivity contribution is 5.90. The predicted octanol–water partition coefficient (Wildman–Crippen LogP) is 4.90. The van der Waals surface area contributed by atoms with Crippen molar-refractivity contribution in [3.05, 3.63) is 128 Å². The van der Waals surface area contributed by atoms with Crippen LogP contribution in [0.1, 0.15) is 47.2 Å². The van der Waals surface area contributed by atoms with Crippen LogP contribution >= 0.6 is 0 Å². The molecule has 47 heavy (non-hydrogen) atoms. The molecule has 10 heteroatoms. The summed E-state index contributed by atoms with van der Waals surface area (Å²) in [6, 6.07) is 26.5. The largest absolute Gasteiger partial charge is 0.324 e. The number of aromatic nitrogens is 2. The highest BCUT2D eigenvalue weighted by Gasteiger charge is 2.37. The minimum Gasteiger partial charge on any atom is -0.324 e. The average Bonchev–Trinajstić information content (AvgIpc) is 3.07. The van der Waals surface area contributed by atoms with Gasteiger partial charge in [0.2, 0.25) is 0 Å². The Bertz CT molecular complexity index is 1810. The number of carbonyl (C=O) groups excluding carboxylic acids is 2. The van der Waals surface area contributed by atoms with Gasteiger partial charge in [0.25, 0.3) is 11.1 Å². The van der Waals surface area contributed by atoms with Gasteiger partial charge in [0, 0.05) is 86.0 Å². The maximum Gasteiger partial charge on any atom is 0.321 e. The molecule has 0 unspecified atom stereocenters. The van der Waals surface area contributed by atoms with Gasteiger partial charge in [-0.15, -0.1) is 0 Å². The fraction of sp³-hybridized carbons (Fsp3) is 0.351. The quantitative estimate of drug-likeness (QED) is 0.334. The third kappa shape index (κ3) is 5.84.